The van der Waals surface area contributed by atoms with Gasteiger partial charge in [0, 0.05) is 13.0 Å². The van der Waals surface area contributed by atoms with Crippen LogP contribution >= 0.6 is 0 Å². The first-order valence-electron chi connectivity index (χ1n) is 6.99. The first-order valence-corrected chi connectivity index (χ1v) is 6.99. The molecule has 0 saturated carbocycles. The Bertz CT molecular complexity index is 591. The molecule has 2 aromatic rings. The minimum Gasteiger partial charge on any atom is -0.347 e. The lowest BCUT2D eigenvalue weighted by molar-refractivity contribution is 0.305. The topological polar surface area (TPSA) is 86.3 Å². The summed E-state index contributed by atoms with van der Waals surface area (Å²) < 4.78 is 2.14. The van der Waals surface area contributed by atoms with Crippen LogP contribution in [0, 0.1) is 0 Å². The second kappa shape index (κ2) is 4.84. The average molecular weight is 276 g/mol. The fourth-order valence-electron chi connectivity index (χ4n) is 2.20. The number of nitrogens with zero attached hydrogens (tertiary/aromatic N) is 7. The molecule has 0 bridgehead atoms. The lowest BCUT2D eigenvalue weighted by Crippen LogP contribution is -2.24. The van der Waals surface area contributed by atoms with Crippen LogP contribution in [0.5, 0.6) is 0 Å². The van der Waals surface area contributed by atoms with Gasteiger partial charge in [-0.1, -0.05) is 0 Å². The van der Waals surface area contributed by atoms with Gasteiger partial charge in [-0.3, -0.25) is 4.57 Å². The van der Waals surface area contributed by atoms with Gasteiger partial charge in [-0.05, 0) is 38.8 Å². The van der Waals surface area contributed by atoms with Gasteiger partial charge in [-0.15, -0.1) is 20.4 Å². The van der Waals surface area contributed by atoms with E-state index in [1.54, 1.807) is 4.80 Å². The number of aryl methyl sites for hydroxylation is 1. The van der Waals surface area contributed by atoms with E-state index in [2.05, 4.69) is 35.5 Å². The Morgan fingerprint density at radius 1 is 1.15 bits per heavy atom. The van der Waals surface area contributed by atoms with Gasteiger partial charge in [-0.25, -0.2) is 0 Å². The zero-order chi connectivity index (χ0) is 14.2. The average Bonchev–Trinajstić information content (AvgIpc) is 3.02. The number of tetrazole rings is 1. The molecule has 2 aromatic heterocycles. The van der Waals surface area contributed by atoms with Crippen LogP contribution < -0.4 is 5.32 Å². The van der Waals surface area contributed by atoms with Crippen molar-refractivity contribution >= 4 is 5.95 Å². The first-order chi connectivity index (χ1) is 9.54. The smallest absolute Gasteiger partial charge is 0.224 e. The molecule has 3 heterocycles. The summed E-state index contributed by atoms with van der Waals surface area (Å²) in [5.74, 6) is 2.52. The SMILES string of the molecule is CC(C)(C)n1nnc(CNc2nnc3n2CCCC3)n1. The number of aromatic nitrogens is 7. The molecule has 0 unspecified atom stereocenters. The Balaban J connectivity index is 1.68. The van der Waals surface area contributed by atoms with Crippen molar-refractivity contribution in [3.8, 4) is 0 Å². The van der Waals surface area contributed by atoms with Gasteiger partial charge < -0.3 is 5.32 Å². The molecule has 0 amide bonds. The van der Waals surface area contributed by atoms with Crippen LogP contribution in [0.2, 0.25) is 0 Å². The van der Waals surface area contributed by atoms with E-state index in [4.69, 9.17) is 0 Å². The van der Waals surface area contributed by atoms with Crippen molar-refractivity contribution in [2.75, 3.05) is 5.32 Å². The molecule has 108 valence electrons. The Hall–Kier alpha value is -1.99. The molecule has 1 N–H and O–H groups in total. The lowest BCUT2D eigenvalue weighted by Gasteiger charge is -2.15. The van der Waals surface area contributed by atoms with Crippen LogP contribution in [0.25, 0.3) is 0 Å². The second-order valence-corrected chi connectivity index (χ2v) is 6.07. The maximum absolute atomic E-state index is 4.37. The Labute approximate surface area is 117 Å². The van der Waals surface area contributed by atoms with Crippen molar-refractivity contribution in [2.24, 2.45) is 0 Å². The molecule has 0 spiro atoms. The summed E-state index contributed by atoms with van der Waals surface area (Å²) in [7, 11) is 0. The van der Waals surface area contributed by atoms with Crippen LogP contribution in [0.1, 0.15) is 45.3 Å². The first kappa shape index (κ1) is 13.0. The number of rotatable bonds is 3. The third-order valence-corrected chi connectivity index (χ3v) is 3.32. The maximum atomic E-state index is 4.37. The molecule has 1 aliphatic rings. The fourth-order valence-corrected chi connectivity index (χ4v) is 2.20. The maximum Gasteiger partial charge on any atom is 0.224 e. The molecule has 0 aliphatic carbocycles. The molecular weight excluding hydrogens is 256 g/mol. The largest absolute Gasteiger partial charge is 0.347 e. The predicted molar refractivity (Wildman–Crippen MR) is 73.1 cm³/mol. The highest BCUT2D eigenvalue weighted by atomic mass is 15.6. The second-order valence-electron chi connectivity index (χ2n) is 6.07. The highest BCUT2D eigenvalue weighted by Crippen LogP contribution is 2.17. The van der Waals surface area contributed by atoms with Gasteiger partial charge in [0.15, 0.2) is 5.82 Å². The molecule has 20 heavy (non-hydrogen) atoms. The standard InChI is InChI=1S/C12H20N8/c1-12(2,3)20-17-9(14-18-20)8-13-11-16-15-10-6-4-5-7-19(10)11/h4-8H2,1-3H3,(H,13,16). The summed E-state index contributed by atoms with van der Waals surface area (Å²) in [5, 5.41) is 24.1. The highest BCUT2D eigenvalue weighted by Gasteiger charge is 2.18. The van der Waals surface area contributed by atoms with Gasteiger partial charge in [0.2, 0.25) is 5.95 Å². The van der Waals surface area contributed by atoms with E-state index in [1.165, 1.54) is 12.8 Å². The number of hydrogen-bond acceptors (Lipinski definition) is 6. The Morgan fingerprint density at radius 3 is 2.75 bits per heavy atom. The molecule has 0 saturated heterocycles. The molecule has 0 fully saturated rings. The number of anilines is 1. The van der Waals surface area contributed by atoms with Gasteiger partial charge in [0.1, 0.15) is 5.82 Å². The lowest BCUT2D eigenvalue weighted by atomic mass is 10.1. The molecule has 8 nitrogen and oxygen atoms in total. The molecule has 1 aliphatic heterocycles. The van der Waals surface area contributed by atoms with E-state index in [9.17, 15) is 0 Å². The highest BCUT2D eigenvalue weighted by molar-refractivity contribution is 5.26. The summed E-state index contributed by atoms with van der Waals surface area (Å²) in [6.07, 6.45) is 3.38. The number of fused-ring (bicyclic) bond motifs is 1. The van der Waals surface area contributed by atoms with Crippen molar-refractivity contribution in [3.05, 3.63) is 11.6 Å². The minimum absolute atomic E-state index is 0.153. The third kappa shape index (κ3) is 2.50. The molecule has 0 aromatic carbocycles. The fraction of sp³-hybridized carbons (Fsp3) is 0.750. The van der Waals surface area contributed by atoms with E-state index in [-0.39, 0.29) is 5.54 Å². The number of nitrogens with one attached hydrogen (secondary N) is 1. The van der Waals surface area contributed by atoms with E-state index < -0.39 is 0 Å². The van der Waals surface area contributed by atoms with Crippen LogP contribution in [-0.2, 0) is 25.0 Å². The van der Waals surface area contributed by atoms with Crippen molar-refractivity contribution in [1.29, 1.82) is 0 Å². The molecule has 0 radical (unpaired) electrons. The molecular formula is C12H20N8. The Kier molecular flexibility index (Phi) is 3.15. The summed E-state index contributed by atoms with van der Waals surface area (Å²) in [4.78, 5) is 1.63. The van der Waals surface area contributed by atoms with Crippen LogP contribution in [-0.4, -0.2) is 35.0 Å². The number of hydrogen-bond donors (Lipinski definition) is 1. The zero-order valence-corrected chi connectivity index (χ0v) is 12.2. The Morgan fingerprint density at radius 2 is 2.00 bits per heavy atom. The van der Waals surface area contributed by atoms with Crippen LogP contribution in [0.15, 0.2) is 0 Å². The van der Waals surface area contributed by atoms with E-state index in [0.29, 0.717) is 12.4 Å². The van der Waals surface area contributed by atoms with Crippen molar-refractivity contribution < 1.29 is 0 Å². The summed E-state index contributed by atoms with van der Waals surface area (Å²) in [6, 6.07) is 0. The van der Waals surface area contributed by atoms with Crippen LogP contribution in [0.3, 0.4) is 0 Å². The zero-order valence-electron chi connectivity index (χ0n) is 12.2. The summed E-state index contributed by atoms with van der Waals surface area (Å²) in [6.45, 7) is 7.61. The van der Waals surface area contributed by atoms with Gasteiger partial charge in [0.05, 0.1) is 12.1 Å². The quantitative estimate of drug-likeness (QED) is 0.899. The minimum atomic E-state index is -0.153. The molecule has 3 rings (SSSR count). The van der Waals surface area contributed by atoms with E-state index in [1.807, 2.05) is 20.8 Å². The molecule has 8 heteroatoms. The molecule has 0 atom stereocenters. The van der Waals surface area contributed by atoms with Crippen molar-refractivity contribution in [2.45, 2.75) is 58.7 Å². The van der Waals surface area contributed by atoms with Gasteiger partial charge >= 0.3 is 0 Å². The predicted octanol–water partition coefficient (Wildman–Crippen LogP) is 0.968. The van der Waals surface area contributed by atoms with E-state index in [0.717, 1.165) is 24.7 Å². The third-order valence-electron chi connectivity index (χ3n) is 3.32. The van der Waals surface area contributed by atoms with Gasteiger partial charge in [0.25, 0.3) is 0 Å². The van der Waals surface area contributed by atoms with Crippen LogP contribution in [0.4, 0.5) is 5.95 Å². The van der Waals surface area contributed by atoms with E-state index >= 15 is 0 Å². The summed E-state index contributed by atoms with van der Waals surface area (Å²) >= 11 is 0. The summed E-state index contributed by atoms with van der Waals surface area (Å²) in [5.41, 5.74) is -0.153. The van der Waals surface area contributed by atoms with Gasteiger partial charge in [-0.2, -0.15) is 4.80 Å². The monoisotopic (exact) mass is 276 g/mol. The normalized spacial score (nSPS) is 15.2. The van der Waals surface area contributed by atoms with Crippen molar-refractivity contribution in [1.82, 2.24) is 35.0 Å². The van der Waals surface area contributed by atoms with Crippen molar-refractivity contribution in [3.63, 3.8) is 0 Å².